The number of hydrogen-bond donors (Lipinski definition) is 0. The van der Waals surface area contributed by atoms with Crippen molar-refractivity contribution < 1.29 is 119 Å². The number of aromatic nitrogens is 1. The van der Waals surface area contributed by atoms with Gasteiger partial charge in [0.2, 0.25) is 0 Å². The molecule has 502 valence electrons. The Kier molecular flexibility index (Phi) is 16.6. The van der Waals surface area contributed by atoms with E-state index in [9.17, 15) is 119 Å². The monoisotopic (exact) mass is 1390 g/mol. The van der Waals surface area contributed by atoms with Crippen molar-refractivity contribution in [3.05, 3.63) is 244 Å². The zero-order chi connectivity index (χ0) is 70.9. The van der Waals surface area contributed by atoms with Crippen LogP contribution in [0.3, 0.4) is 0 Å². The van der Waals surface area contributed by atoms with Gasteiger partial charge in [0.1, 0.15) is 0 Å². The molecule has 0 aliphatic rings. The van der Waals surface area contributed by atoms with Crippen LogP contribution in [0.15, 0.2) is 194 Å². The third-order valence-corrected chi connectivity index (χ3v) is 15.6. The standard InChI is InChI=1S/C69H32F27N/c70-61(71,72)45-19-41(20-46(29-45)62(73,74)75)37-13-35(14-38(17-37)42-21-47(63(76,77)78)30-48(22-42)64(79,80)81)33-9-11-59-55(27-33)56-28-34(10-12-60(56)97(59)58-8-4-2-6-54(58)53-5-1-3-7-57(53)69(94,95)96)36-15-39(43-23-49(65(82,83)84)31-50(24-43)66(85,86)87)18-40(16-36)44-25-51(67(88,89)90)32-52(26-44)68(91,92)93/h1-32H. The first-order valence-electron chi connectivity index (χ1n) is 27.5. The van der Waals surface area contributed by atoms with E-state index in [-0.39, 0.29) is 128 Å². The van der Waals surface area contributed by atoms with Crippen LogP contribution in [0.2, 0.25) is 0 Å². The molecule has 0 saturated heterocycles. The van der Waals surface area contributed by atoms with Gasteiger partial charge in [-0.05, 0) is 218 Å². The van der Waals surface area contributed by atoms with Crippen LogP contribution in [0.25, 0.3) is 105 Å². The van der Waals surface area contributed by atoms with Crippen LogP contribution in [0.4, 0.5) is 119 Å². The highest BCUT2D eigenvalue weighted by Crippen LogP contribution is 2.49. The minimum absolute atomic E-state index is 0.0358. The molecule has 1 nitrogen and oxygen atoms in total. The average Bonchev–Trinajstić information content (AvgIpc) is 1.56. The maximum Gasteiger partial charge on any atom is 0.417 e. The normalized spacial score (nSPS) is 13.3. The Balaban J connectivity index is 1.24. The molecular weight excluding hydrogens is 1360 g/mol. The number of nitrogens with zero attached hydrogens (tertiary/aromatic N) is 1. The average molecular weight is 1390 g/mol. The zero-order valence-electron chi connectivity index (χ0n) is 47.6. The topological polar surface area (TPSA) is 4.93 Å². The van der Waals surface area contributed by atoms with Gasteiger partial charge >= 0.3 is 55.6 Å². The highest BCUT2D eigenvalue weighted by Gasteiger charge is 2.42. The summed E-state index contributed by atoms with van der Waals surface area (Å²) in [7, 11) is 0. The first-order chi connectivity index (χ1) is 44.7. The summed E-state index contributed by atoms with van der Waals surface area (Å²) in [5.41, 5.74) is -24.9. The van der Waals surface area contributed by atoms with Gasteiger partial charge in [-0.1, -0.05) is 48.5 Å². The Hall–Kier alpha value is -9.89. The molecule has 10 aromatic carbocycles. The second-order valence-corrected chi connectivity index (χ2v) is 22.1. The summed E-state index contributed by atoms with van der Waals surface area (Å²) in [4.78, 5) is 0. The molecule has 0 spiro atoms. The van der Waals surface area contributed by atoms with E-state index in [0.29, 0.717) is 12.1 Å². The molecule has 11 aromatic rings. The van der Waals surface area contributed by atoms with Crippen LogP contribution < -0.4 is 0 Å². The summed E-state index contributed by atoms with van der Waals surface area (Å²) in [6.07, 6.45) is -49.2. The van der Waals surface area contributed by atoms with Crippen LogP contribution in [-0.4, -0.2) is 4.57 Å². The van der Waals surface area contributed by atoms with Crippen molar-refractivity contribution in [2.45, 2.75) is 55.6 Å². The lowest BCUT2D eigenvalue weighted by Gasteiger charge is -2.18. The van der Waals surface area contributed by atoms with Crippen molar-refractivity contribution in [3.8, 4) is 83.6 Å². The van der Waals surface area contributed by atoms with Gasteiger partial charge < -0.3 is 4.57 Å². The van der Waals surface area contributed by atoms with Crippen LogP contribution in [0.1, 0.15) is 50.1 Å². The fourth-order valence-corrected chi connectivity index (χ4v) is 11.2. The van der Waals surface area contributed by atoms with E-state index in [1.165, 1.54) is 71.3 Å². The van der Waals surface area contributed by atoms with Crippen molar-refractivity contribution in [1.82, 2.24) is 4.57 Å². The van der Waals surface area contributed by atoms with Gasteiger partial charge in [-0.3, -0.25) is 0 Å². The molecule has 0 aliphatic carbocycles. The summed E-state index contributed by atoms with van der Waals surface area (Å²) >= 11 is 0. The molecule has 28 heteroatoms. The predicted molar refractivity (Wildman–Crippen MR) is 304 cm³/mol. The van der Waals surface area contributed by atoms with Gasteiger partial charge in [-0.15, -0.1) is 0 Å². The first-order valence-corrected chi connectivity index (χ1v) is 27.5. The highest BCUT2D eigenvalue weighted by molar-refractivity contribution is 6.12. The summed E-state index contributed by atoms with van der Waals surface area (Å²) in [6.45, 7) is 0. The van der Waals surface area contributed by atoms with E-state index in [0.717, 1.165) is 42.5 Å². The molecule has 0 amide bonds. The molecule has 97 heavy (non-hydrogen) atoms. The van der Waals surface area contributed by atoms with E-state index >= 15 is 0 Å². The Morgan fingerprint density at radius 3 is 0.670 bits per heavy atom. The molecule has 0 bridgehead atoms. The molecule has 11 rings (SSSR count). The van der Waals surface area contributed by atoms with E-state index in [4.69, 9.17) is 0 Å². The van der Waals surface area contributed by atoms with Gasteiger partial charge in [0, 0.05) is 16.3 Å². The third kappa shape index (κ3) is 14.1. The number of benzene rings is 10. The van der Waals surface area contributed by atoms with Gasteiger partial charge in [-0.2, -0.15) is 119 Å². The number of alkyl halides is 27. The molecular formula is C69H32F27N. The van der Waals surface area contributed by atoms with E-state index in [1.807, 2.05) is 0 Å². The predicted octanol–water partition coefficient (Wildman–Crippen LogP) is 25.6. The van der Waals surface area contributed by atoms with Crippen molar-refractivity contribution in [1.29, 1.82) is 0 Å². The fourth-order valence-electron chi connectivity index (χ4n) is 11.2. The molecule has 0 aliphatic heterocycles. The molecule has 1 aromatic heterocycles. The Bertz CT molecular complexity index is 4330. The number of halogens is 27. The fraction of sp³-hybridized carbons (Fsp3) is 0.130. The Morgan fingerprint density at radius 1 is 0.186 bits per heavy atom. The number of fused-ring (bicyclic) bond motifs is 3. The zero-order valence-corrected chi connectivity index (χ0v) is 47.6. The maximum absolute atomic E-state index is 14.8. The van der Waals surface area contributed by atoms with Crippen molar-refractivity contribution in [2.75, 3.05) is 0 Å². The molecule has 0 atom stereocenters. The van der Waals surface area contributed by atoms with E-state index < -0.39 is 156 Å². The molecule has 0 unspecified atom stereocenters. The number of para-hydroxylation sites is 1. The lowest BCUT2D eigenvalue weighted by atomic mass is 9.90. The Labute approximate surface area is 526 Å². The first kappa shape index (κ1) is 68.5. The lowest BCUT2D eigenvalue weighted by Crippen LogP contribution is -2.11. The number of hydrogen-bond acceptors (Lipinski definition) is 0. The SMILES string of the molecule is FC(F)(F)c1cc(-c2cc(-c3cc(C(F)(F)F)cc(C(F)(F)F)c3)cc(-c3ccc4c(c3)c3cc(-c5cc(-c6cc(C(F)(F)F)cc(C(F)(F)F)c6)cc(-c6cc(C(F)(F)F)cc(C(F)(F)F)c6)c5)ccc3n4-c3ccccc3-c3ccccc3C(F)(F)F)c2)cc(C(F)(F)F)c1. The van der Waals surface area contributed by atoms with Gasteiger partial charge in [0.25, 0.3) is 0 Å². The summed E-state index contributed by atoms with van der Waals surface area (Å²) in [5.74, 6) is 0. The highest BCUT2D eigenvalue weighted by atomic mass is 19.4. The minimum atomic E-state index is -5.52. The Morgan fingerprint density at radius 2 is 0.412 bits per heavy atom. The van der Waals surface area contributed by atoms with Gasteiger partial charge in [0.05, 0.1) is 66.8 Å². The molecule has 0 saturated carbocycles. The molecule has 0 radical (unpaired) electrons. The molecule has 0 N–H and O–H groups in total. The largest absolute Gasteiger partial charge is 0.417 e. The quantitative estimate of drug-likeness (QED) is 0.134. The molecule has 1 heterocycles. The lowest BCUT2D eigenvalue weighted by molar-refractivity contribution is -0.144. The summed E-state index contributed by atoms with van der Waals surface area (Å²) in [6, 6.07) is 22.4. The smallest absolute Gasteiger partial charge is 0.309 e. The van der Waals surface area contributed by atoms with Crippen LogP contribution in [-0.2, 0) is 55.6 Å². The van der Waals surface area contributed by atoms with Crippen molar-refractivity contribution >= 4 is 21.8 Å². The van der Waals surface area contributed by atoms with Gasteiger partial charge in [-0.25, -0.2) is 0 Å². The second-order valence-electron chi connectivity index (χ2n) is 22.1. The van der Waals surface area contributed by atoms with Crippen LogP contribution in [0.5, 0.6) is 0 Å². The van der Waals surface area contributed by atoms with Crippen LogP contribution >= 0.6 is 0 Å². The van der Waals surface area contributed by atoms with Gasteiger partial charge in [0.15, 0.2) is 0 Å². The van der Waals surface area contributed by atoms with Crippen molar-refractivity contribution in [2.24, 2.45) is 0 Å². The maximum atomic E-state index is 14.8. The third-order valence-electron chi connectivity index (χ3n) is 15.6. The minimum Gasteiger partial charge on any atom is -0.309 e. The van der Waals surface area contributed by atoms with Crippen molar-refractivity contribution in [3.63, 3.8) is 0 Å². The summed E-state index contributed by atoms with van der Waals surface area (Å²) < 4.78 is 392. The summed E-state index contributed by atoms with van der Waals surface area (Å²) in [5, 5.41) is -0.206. The number of rotatable bonds is 8. The van der Waals surface area contributed by atoms with E-state index in [1.54, 1.807) is 0 Å². The van der Waals surface area contributed by atoms with Crippen LogP contribution in [0, 0.1) is 0 Å². The second kappa shape index (κ2) is 23.4. The van der Waals surface area contributed by atoms with E-state index in [2.05, 4.69) is 0 Å². The molecule has 0 fully saturated rings.